The van der Waals surface area contributed by atoms with Gasteiger partial charge >= 0.3 is 0 Å². The first-order valence-electron chi connectivity index (χ1n) is 5.55. The summed E-state index contributed by atoms with van der Waals surface area (Å²) in [5.74, 6) is 0.730. The minimum Gasteiger partial charge on any atom is -0.489 e. The maximum Gasteiger partial charge on any atom is 0.176 e. The lowest BCUT2D eigenvalue weighted by molar-refractivity contribution is -0.0673. The fraction of sp³-hybridized carbons (Fsp3) is 0.357. The van der Waals surface area contributed by atoms with Crippen molar-refractivity contribution in [1.29, 1.82) is 5.26 Å². The molecule has 0 saturated heterocycles. The van der Waals surface area contributed by atoms with Gasteiger partial charge in [-0.1, -0.05) is 0 Å². The van der Waals surface area contributed by atoms with Crippen molar-refractivity contribution in [2.45, 2.75) is 13.2 Å². The molecule has 0 aliphatic rings. The summed E-state index contributed by atoms with van der Waals surface area (Å²) >= 11 is 0. The molecule has 0 unspecified atom stereocenters. The lowest BCUT2D eigenvalue weighted by atomic mass is 10.2. The molecule has 1 aromatic carbocycles. The van der Waals surface area contributed by atoms with Crippen LogP contribution in [0.15, 0.2) is 35.9 Å². The predicted octanol–water partition coefficient (Wildman–Crippen LogP) is 2.50. The quantitative estimate of drug-likeness (QED) is 0.572. The van der Waals surface area contributed by atoms with E-state index in [0.717, 1.165) is 11.3 Å². The number of benzene rings is 1. The number of hydrogen-bond acceptors (Lipinski definition) is 4. The Balaban J connectivity index is 2.51. The molecule has 0 heterocycles. The first-order chi connectivity index (χ1) is 8.69. The van der Waals surface area contributed by atoms with Crippen LogP contribution in [0, 0.1) is 11.3 Å². The van der Waals surface area contributed by atoms with Gasteiger partial charge in [-0.15, -0.1) is 0 Å². The first-order valence-corrected chi connectivity index (χ1v) is 5.55. The summed E-state index contributed by atoms with van der Waals surface area (Å²) in [5, 5.41) is 8.67. The standard InChI is InChI=1S/C14H17NO3/c1-11(8-14(16-2)17-3)10-18-13-6-4-12(9-15)5-7-13/h4-8,14H,10H2,1-3H3. The summed E-state index contributed by atoms with van der Waals surface area (Å²) in [5.41, 5.74) is 1.63. The molecule has 0 saturated carbocycles. The summed E-state index contributed by atoms with van der Waals surface area (Å²) in [4.78, 5) is 0. The van der Waals surface area contributed by atoms with Crippen LogP contribution in [-0.2, 0) is 9.47 Å². The molecular formula is C14H17NO3. The van der Waals surface area contributed by atoms with Gasteiger partial charge in [0.25, 0.3) is 0 Å². The Morgan fingerprint density at radius 1 is 1.28 bits per heavy atom. The molecular weight excluding hydrogens is 230 g/mol. The maximum absolute atomic E-state index is 8.67. The molecule has 4 nitrogen and oxygen atoms in total. The Hall–Kier alpha value is -1.83. The van der Waals surface area contributed by atoms with Crippen molar-refractivity contribution < 1.29 is 14.2 Å². The molecule has 0 spiro atoms. The van der Waals surface area contributed by atoms with Gasteiger partial charge in [0.1, 0.15) is 12.4 Å². The van der Waals surface area contributed by atoms with Crippen LogP contribution in [0.4, 0.5) is 0 Å². The van der Waals surface area contributed by atoms with Crippen LogP contribution in [-0.4, -0.2) is 27.1 Å². The van der Waals surface area contributed by atoms with E-state index < -0.39 is 0 Å². The van der Waals surface area contributed by atoms with E-state index in [1.54, 1.807) is 38.5 Å². The summed E-state index contributed by atoms with van der Waals surface area (Å²) in [6, 6.07) is 9.06. The first kappa shape index (κ1) is 14.2. The monoisotopic (exact) mass is 247 g/mol. The molecule has 0 aliphatic carbocycles. The van der Waals surface area contributed by atoms with Gasteiger partial charge in [0.15, 0.2) is 6.29 Å². The highest BCUT2D eigenvalue weighted by Gasteiger charge is 2.02. The minimum atomic E-state index is -0.352. The Kier molecular flexibility index (Phi) is 5.92. The number of nitrogens with zero attached hydrogens (tertiary/aromatic N) is 1. The molecule has 1 aromatic rings. The third-order valence-electron chi connectivity index (χ3n) is 2.34. The highest BCUT2D eigenvalue weighted by atomic mass is 16.7. The number of ether oxygens (including phenoxy) is 3. The van der Waals surface area contributed by atoms with Gasteiger partial charge < -0.3 is 14.2 Å². The van der Waals surface area contributed by atoms with Gasteiger partial charge in [-0.05, 0) is 42.8 Å². The lowest BCUT2D eigenvalue weighted by Gasteiger charge is -2.11. The molecule has 0 N–H and O–H groups in total. The second-order valence-electron chi connectivity index (χ2n) is 3.78. The number of rotatable bonds is 6. The summed E-state index contributed by atoms with van der Waals surface area (Å²) in [7, 11) is 3.17. The molecule has 0 aliphatic heterocycles. The van der Waals surface area contributed by atoms with Crippen molar-refractivity contribution in [3.8, 4) is 11.8 Å². The molecule has 0 fully saturated rings. The van der Waals surface area contributed by atoms with E-state index in [1.165, 1.54) is 0 Å². The fourth-order valence-electron chi connectivity index (χ4n) is 1.34. The SMILES string of the molecule is COC(C=C(C)COc1ccc(C#N)cc1)OC. The van der Waals surface area contributed by atoms with Gasteiger partial charge in [-0.3, -0.25) is 0 Å². The van der Waals surface area contributed by atoms with Gasteiger partial charge in [0.2, 0.25) is 0 Å². The minimum absolute atomic E-state index is 0.352. The molecule has 0 amide bonds. The van der Waals surface area contributed by atoms with E-state index in [-0.39, 0.29) is 6.29 Å². The van der Waals surface area contributed by atoms with Crippen LogP contribution in [0.1, 0.15) is 12.5 Å². The van der Waals surface area contributed by atoms with Crippen molar-refractivity contribution in [1.82, 2.24) is 0 Å². The van der Waals surface area contributed by atoms with Crippen molar-refractivity contribution >= 4 is 0 Å². The molecule has 4 heteroatoms. The zero-order valence-corrected chi connectivity index (χ0v) is 10.8. The lowest BCUT2D eigenvalue weighted by Crippen LogP contribution is -2.11. The van der Waals surface area contributed by atoms with E-state index >= 15 is 0 Å². The van der Waals surface area contributed by atoms with E-state index in [4.69, 9.17) is 19.5 Å². The highest BCUT2D eigenvalue weighted by molar-refractivity contribution is 5.34. The number of methoxy groups -OCH3 is 2. The molecule has 18 heavy (non-hydrogen) atoms. The molecule has 0 bridgehead atoms. The van der Waals surface area contributed by atoms with Crippen LogP contribution < -0.4 is 4.74 Å². The van der Waals surface area contributed by atoms with Crippen LogP contribution in [0.3, 0.4) is 0 Å². The van der Waals surface area contributed by atoms with Gasteiger partial charge in [-0.25, -0.2) is 0 Å². The highest BCUT2D eigenvalue weighted by Crippen LogP contribution is 2.12. The Morgan fingerprint density at radius 2 is 1.89 bits per heavy atom. The zero-order valence-electron chi connectivity index (χ0n) is 10.8. The Morgan fingerprint density at radius 3 is 2.39 bits per heavy atom. The average Bonchev–Trinajstić information content (AvgIpc) is 2.43. The van der Waals surface area contributed by atoms with Crippen LogP contribution in [0.2, 0.25) is 0 Å². The van der Waals surface area contributed by atoms with Crippen molar-refractivity contribution in [3.05, 3.63) is 41.5 Å². The Labute approximate surface area is 107 Å². The molecule has 96 valence electrons. The summed E-state index contributed by atoms with van der Waals surface area (Å²) in [6.45, 7) is 2.39. The normalized spacial score (nSPS) is 11.4. The molecule has 0 radical (unpaired) electrons. The zero-order chi connectivity index (χ0) is 13.4. The van der Waals surface area contributed by atoms with Crippen LogP contribution in [0.25, 0.3) is 0 Å². The van der Waals surface area contributed by atoms with Crippen molar-refractivity contribution in [2.75, 3.05) is 20.8 Å². The fourth-order valence-corrected chi connectivity index (χ4v) is 1.34. The maximum atomic E-state index is 8.67. The summed E-state index contributed by atoms with van der Waals surface area (Å²) in [6.07, 6.45) is 1.50. The van der Waals surface area contributed by atoms with Crippen molar-refractivity contribution in [2.24, 2.45) is 0 Å². The van der Waals surface area contributed by atoms with E-state index in [9.17, 15) is 0 Å². The average molecular weight is 247 g/mol. The van der Waals surface area contributed by atoms with Gasteiger partial charge in [0.05, 0.1) is 11.6 Å². The second-order valence-corrected chi connectivity index (χ2v) is 3.78. The topological polar surface area (TPSA) is 51.5 Å². The van der Waals surface area contributed by atoms with E-state index in [0.29, 0.717) is 12.2 Å². The van der Waals surface area contributed by atoms with Gasteiger partial charge in [-0.2, -0.15) is 5.26 Å². The molecule has 0 aromatic heterocycles. The Bertz CT molecular complexity index is 427. The van der Waals surface area contributed by atoms with Crippen molar-refractivity contribution in [3.63, 3.8) is 0 Å². The third kappa shape index (κ3) is 4.58. The predicted molar refractivity (Wildman–Crippen MR) is 68.2 cm³/mol. The molecule has 1 rings (SSSR count). The largest absolute Gasteiger partial charge is 0.489 e. The second kappa shape index (κ2) is 7.49. The van der Waals surface area contributed by atoms with Crippen LogP contribution >= 0.6 is 0 Å². The number of nitriles is 1. The van der Waals surface area contributed by atoms with E-state index in [2.05, 4.69) is 6.07 Å². The third-order valence-corrected chi connectivity index (χ3v) is 2.34. The number of hydrogen-bond donors (Lipinski definition) is 0. The van der Waals surface area contributed by atoms with Gasteiger partial charge in [0, 0.05) is 14.2 Å². The smallest absolute Gasteiger partial charge is 0.176 e. The molecule has 0 atom stereocenters. The van der Waals surface area contributed by atoms with E-state index in [1.807, 2.05) is 13.0 Å². The van der Waals surface area contributed by atoms with Crippen LogP contribution in [0.5, 0.6) is 5.75 Å². The summed E-state index contributed by atoms with van der Waals surface area (Å²) < 4.78 is 15.7.